The third-order valence-electron chi connectivity index (χ3n) is 4.23. The van der Waals surface area contributed by atoms with Crippen LogP contribution in [-0.4, -0.2) is 37.8 Å². The van der Waals surface area contributed by atoms with E-state index in [1.807, 2.05) is 20.8 Å². The van der Waals surface area contributed by atoms with Gasteiger partial charge in [-0.05, 0) is 63.1 Å². The van der Waals surface area contributed by atoms with Gasteiger partial charge in [-0.3, -0.25) is 0 Å². The first-order valence-electron chi connectivity index (χ1n) is 9.83. The van der Waals surface area contributed by atoms with E-state index in [2.05, 4.69) is 5.32 Å². The Bertz CT molecular complexity index is 1000. The number of methoxy groups -OCH3 is 1. The fraction of sp³-hybridized carbons (Fsp3) is 0.409. The predicted octanol–water partition coefficient (Wildman–Crippen LogP) is 4.07. The summed E-state index contributed by atoms with van der Waals surface area (Å²) in [6, 6.07) is 10.4. The molecule has 0 bridgehead atoms. The molecule has 0 aliphatic heterocycles. The van der Waals surface area contributed by atoms with Gasteiger partial charge in [0.25, 0.3) is 0 Å². The number of carbonyl (C=O) groups excluding carboxylic acids is 1. The number of nitrogens with one attached hydrogen (secondary N) is 1. The van der Waals surface area contributed by atoms with Gasteiger partial charge in [0.15, 0.2) is 11.5 Å². The van der Waals surface area contributed by atoms with E-state index in [0.717, 1.165) is 5.56 Å². The van der Waals surface area contributed by atoms with Crippen LogP contribution in [0.2, 0.25) is 0 Å². The zero-order valence-electron chi connectivity index (χ0n) is 18.4. The molecule has 2 amide bonds. The first-order chi connectivity index (χ1) is 14.4. The number of rotatable bonds is 8. The Morgan fingerprint density at radius 2 is 1.61 bits per heavy atom. The number of hydrogen-bond donors (Lipinski definition) is 1. The monoisotopic (exact) mass is 452 g/mol. The van der Waals surface area contributed by atoms with Crippen molar-refractivity contribution in [3.63, 3.8) is 0 Å². The molecule has 0 aliphatic rings. The fourth-order valence-corrected chi connectivity index (χ4v) is 3.23. The van der Waals surface area contributed by atoms with Crippen LogP contribution < -0.4 is 14.2 Å². The van der Waals surface area contributed by atoms with Gasteiger partial charge >= 0.3 is 16.1 Å². The number of urea groups is 1. The molecule has 0 atom stereocenters. The van der Waals surface area contributed by atoms with Crippen molar-refractivity contribution in [2.75, 3.05) is 12.9 Å². The Balaban J connectivity index is 2.33. The first kappa shape index (κ1) is 24.5. The molecule has 1 N–H and O–H groups in total. The van der Waals surface area contributed by atoms with Crippen molar-refractivity contribution in [1.82, 2.24) is 10.2 Å². The zero-order chi connectivity index (χ0) is 23.2. The molecule has 7 nitrogen and oxygen atoms in total. The van der Waals surface area contributed by atoms with Crippen LogP contribution in [0.4, 0.5) is 9.18 Å². The molecule has 0 radical (unpaired) electrons. The SMILES string of the molecule is CCS(=O)(=O)Oc1cc(CN(Cc2ccc(F)cc2)C(=O)NC(C)(C)C)ccc1OC. The summed E-state index contributed by atoms with van der Waals surface area (Å²) in [6.45, 7) is 7.50. The summed E-state index contributed by atoms with van der Waals surface area (Å²) < 4.78 is 47.5. The summed E-state index contributed by atoms with van der Waals surface area (Å²) in [5, 5.41) is 2.92. The highest BCUT2D eigenvalue weighted by atomic mass is 32.2. The second-order valence-electron chi connectivity index (χ2n) is 8.08. The van der Waals surface area contributed by atoms with E-state index in [1.54, 1.807) is 29.2 Å². The molecule has 2 rings (SSSR count). The van der Waals surface area contributed by atoms with Crippen molar-refractivity contribution in [1.29, 1.82) is 0 Å². The number of halogens is 1. The van der Waals surface area contributed by atoms with E-state index >= 15 is 0 Å². The smallest absolute Gasteiger partial charge is 0.318 e. The van der Waals surface area contributed by atoms with E-state index in [0.29, 0.717) is 5.56 Å². The fourth-order valence-electron chi connectivity index (χ4n) is 2.71. The van der Waals surface area contributed by atoms with Crippen LogP contribution in [0.5, 0.6) is 11.5 Å². The maximum atomic E-state index is 13.3. The van der Waals surface area contributed by atoms with Crippen molar-refractivity contribution >= 4 is 16.1 Å². The molecule has 0 saturated heterocycles. The van der Waals surface area contributed by atoms with Crippen LogP contribution in [0.15, 0.2) is 42.5 Å². The minimum absolute atomic E-state index is 0.0554. The van der Waals surface area contributed by atoms with Gasteiger partial charge in [0.05, 0.1) is 12.9 Å². The molecule has 31 heavy (non-hydrogen) atoms. The van der Waals surface area contributed by atoms with Gasteiger partial charge in [-0.15, -0.1) is 0 Å². The summed E-state index contributed by atoms with van der Waals surface area (Å²) in [4.78, 5) is 14.5. The molecular weight excluding hydrogens is 423 g/mol. The molecule has 0 heterocycles. The Morgan fingerprint density at radius 1 is 1.03 bits per heavy atom. The molecule has 0 spiro atoms. The lowest BCUT2D eigenvalue weighted by atomic mass is 10.1. The lowest BCUT2D eigenvalue weighted by Gasteiger charge is -2.29. The molecule has 2 aromatic carbocycles. The third-order valence-corrected chi connectivity index (χ3v) is 5.37. The number of ether oxygens (including phenoxy) is 1. The van der Waals surface area contributed by atoms with E-state index < -0.39 is 15.7 Å². The molecular formula is C22H29FN2O5S. The topological polar surface area (TPSA) is 84.9 Å². The molecule has 0 unspecified atom stereocenters. The second kappa shape index (κ2) is 10.00. The summed E-state index contributed by atoms with van der Waals surface area (Å²) in [6.07, 6.45) is 0. The van der Waals surface area contributed by atoms with Crippen molar-refractivity contribution in [2.24, 2.45) is 0 Å². The van der Waals surface area contributed by atoms with Crippen molar-refractivity contribution in [3.05, 3.63) is 59.4 Å². The summed E-state index contributed by atoms with van der Waals surface area (Å²) in [5.41, 5.74) is 0.943. The number of benzene rings is 2. The number of carbonyl (C=O) groups is 1. The summed E-state index contributed by atoms with van der Waals surface area (Å²) in [7, 11) is -2.34. The predicted molar refractivity (Wildman–Crippen MR) is 117 cm³/mol. The van der Waals surface area contributed by atoms with Crippen LogP contribution in [0.1, 0.15) is 38.8 Å². The van der Waals surface area contributed by atoms with Crippen molar-refractivity contribution in [3.8, 4) is 11.5 Å². The maximum Gasteiger partial charge on any atom is 0.318 e. The Labute approximate surface area is 183 Å². The lowest BCUT2D eigenvalue weighted by Crippen LogP contribution is -2.47. The van der Waals surface area contributed by atoms with Crippen LogP contribution in [0.3, 0.4) is 0 Å². The van der Waals surface area contributed by atoms with E-state index in [-0.39, 0.29) is 42.2 Å². The molecule has 0 fully saturated rings. The van der Waals surface area contributed by atoms with E-state index in [4.69, 9.17) is 8.92 Å². The molecule has 0 aliphatic carbocycles. The van der Waals surface area contributed by atoms with Crippen molar-refractivity contribution < 1.29 is 26.5 Å². The highest BCUT2D eigenvalue weighted by Crippen LogP contribution is 2.30. The van der Waals surface area contributed by atoms with Crippen LogP contribution in [-0.2, 0) is 23.2 Å². The van der Waals surface area contributed by atoms with Gasteiger partial charge in [0, 0.05) is 18.6 Å². The van der Waals surface area contributed by atoms with E-state index in [1.165, 1.54) is 32.2 Å². The Morgan fingerprint density at radius 3 is 2.16 bits per heavy atom. The molecule has 9 heteroatoms. The minimum Gasteiger partial charge on any atom is -0.493 e. The zero-order valence-corrected chi connectivity index (χ0v) is 19.3. The normalized spacial score (nSPS) is 11.7. The maximum absolute atomic E-state index is 13.3. The van der Waals surface area contributed by atoms with Gasteiger partial charge in [-0.1, -0.05) is 18.2 Å². The third kappa shape index (κ3) is 7.75. The molecule has 0 saturated carbocycles. The van der Waals surface area contributed by atoms with Gasteiger partial charge in [-0.25, -0.2) is 9.18 Å². The standard InChI is InChI=1S/C22H29FN2O5S/c1-6-31(27,28)30-20-13-17(9-12-19(20)29-5)15-25(21(26)24-22(2,3)4)14-16-7-10-18(23)11-8-16/h7-13H,6,14-15H2,1-5H3,(H,24,26). The lowest BCUT2D eigenvalue weighted by molar-refractivity contribution is 0.183. The van der Waals surface area contributed by atoms with E-state index in [9.17, 15) is 17.6 Å². The first-order valence-corrected chi connectivity index (χ1v) is 11.4. The molecule has 0 aromatic heterocycles. The van der Waals surface area contributed by atoms with Gasteiger partial charge in [0.1, 0.15) is 5.82 Å². The van der Waals surface area contributed by atoms with Gasteiger partial charge < -0.3 is 19.1 Å². The van der Waals surface area contributed by atoms with Gasteiger partial charge in [0.2, 0.25) is 0 Å². The number of nitrogens with zero attached hydrogens (tertiary/aromatic N) is 1. The average Bonchev–Trinajstić information content (AvgIpc) is 2.68. The molecule has 2 aromatic rings. The second-order valence-corrected chi connectivity index (χ2v) is 9.94. The Hall–Kier alpha value is -2.81. The van der Waals surface area contributed by atoms with Crippen LogP contribution >= 0.6 is 0 Å². The highest BCUT2D eigenvalue weighted by Gasteiger charge is 2.21. The number of hydrogen-bond acceptors (Lipinski definition) is 5. The minimum atomic E-state index is -3.75. The number of amides is 2. The van der Waals surface area contributed by atoms with Crippen LogP contribution in [0.25, 0.3) is 0 Å². The Kier molecular flexibility index (Phi) is 7.89. The van der Waals surface area contributed by atoms with Crippen molar-refractivity contribution in [2.45, 2.75) is 46.3 Å². The quantitative estimate of drug-likeness (QED) is 0.610. The highest BCUT2D eigenvalue weighted by molar-refractivity contribution is 7.87. The summed E-state index contributed by atoms with van der Waals surface area (Å²) in [5.74, 6) is -0.223. The average molecular weight is 453 g/mol. The largest absolute Gasteiger partial charge is 0.493 e. The van der Waals surface area contributed by atoms with Crippen LogP contribution in [0, 0.1) is 5.82 Å². The van der Waals surface area contributed by atoms with Gasteiger partial charge in [-0.2, -0.15) is 8.42 Å². The summed E-state index contributed by atoms with van der Waals surface area (Å²) >= 11 is 0. The molecule has 170 valence electrons.